The number of carbonyl (C=O) groups is 1. The van der Waals surface area contributed by atoms with Crippen LogP contribution in [-0.4, -0.2) is 55.8 Å². The molecule has 4 aromatic rings. The molecule has 5 rings (SSSR count). The molecule has 41 heavy (non-hydrogen) atoms. The molecule has 8 heteroatoms. The van der Waals surface area contributed by atoms with Crippen LogP contribution < -0.4 is 10.1 Å². The molecule has 0 radical (unpaired) electrons. The number of anilines is 1. The molecule has 4 aromatic carbocycles. The highest BCUT2D eigenvalue weighted by molar-refractivity contribution is 7.89. The highest BCUT2D eigenvalue weighted by Gasteiger charge is 2.32. The second-order valence-electron chi connectivity index (χ2n) is 10.2. The zero-order chi connectivity index (χ0) is 28.8. The Morgan fingerprint density at radius 3 is 1.85 bits per heavy atom. The standard InChI is InChI=1S/C33H35N3O4S/c1-25-11-9-10-16-31(25)40-26(2)33(37)34-29-17-19-30(20-18-29)41(38,39)36-23-21-35(22-24-36)32(27-12-5-3-6-13-27)28-14-7-4-8-15-28/h3-20,26,32H,21-24H2,1-2H3,(H,34,37). The molecule has 1 aliphatic heterocycles. The third kappa shape index (κ3) is 6.68. The van der Waals surface area contributed by atoms with Crippen LogP contribution in [0.4, 0.5) is 5.69 Å². The Bertz CT molecular complexity index is 1510. The summed E-state index contributed by atoms with van der Waals surface area (Å²) >= 11 is 0. The van der Waals surface area contributed by atoms with Crippen LogP contribution >= 0.6 is 0 Å². The molecule has 1 atom stereocenters. The van der Waals surface area contributed by atoms with Gasteiger partial charge >= 0.3 is 0 Å². The first-order valence-corrected chi connectivity index (χ1v) is 15.2. The van der Waals surface area contributed by atoms with Crippen molar-refractivity contribution in [2.24, 2.45) is 0 Å². The van der Waals surface area contributed by atoms with Gasteiger partial charge in [0, 0.05) is 31.9 Å². The number of hydrogen-bond acceptors (Lipinski definition) is 5. The number of para-hydroxylation sites is 1. The summed E-state index contributed by atoms with van der Waals surface area (Å²) in [5, 5.41) is 2.81. The second kappa shape index (κ2) is 12.7. The number of amides is 1. The fraction of sp³-hybridized carbons (Fsp3) is 0.242. The number of ether oxygens (including phenoxy) is 1. The summed E-state index contributed by atoms with van der Waals surface area (Å²) < 4.78 is 34.3. The van der Waals surface area contributed by atoms with Crippen molar-refractivity contribution in [2.45, 2.75) is 30.9 Å². The molecule has 1 saturated heterocycles. The van der Waals surface area contributed by atoms with Crippen molar-refractivity contribution in [3.05, 3.63) is 126 Å². The summed E-state index contributed by atoms with van der Waals surface area (Å²) in [6.07, 6.45) is -0.716. The first-order chi connectivity index (χ1) is 19.8. The summed E-state index contributed by atoms with van der Waals surface area (Å²) in [6, 6.07) is 34.5. The van der Waals surface area contributed by atoms with Crippen molar-refractivity contribution in [3.63, 3.8) is 0 Å². The number of rotatable bonds is 9. The number of benzene rings is 4. The Labute approximate surface area is 242 Å². The van der Waals surface area contributed by atoms with Gasteiger partial charge in [-0.3, -0.25) is 9.69 Å². The summed E-state index contributed by atoms with van der Waals surface area (Å²) in [4.78, 5) is 15.2. The third-order valence-corrected chi connectivity index (χ3v) is 9.31. The molecule has 7 nitrogen and oxygen atoms in total. The first kappa shape index (κ1) is 28.5. The van der Waals surface area contributed by atoms with Gasteiger partial charge < -0.3 is 10.1 Å². The molecule has 212 valence electrons. The predicted octanol–water partition coefficient (Wildman–Crippen LogP) is 5.50. The van der Waals surface area contributed by atoms with E-state index in [2.05, 4.69) is 34.5 Å². The van der Waals surface area contributed by atoms with Crippen molar-refractivity contribution in [3.8, 4) is 5.75 Å². The molecule has 1 N–H and O–H groups in total. The largest absolute Gasteiger partial charge is 0.481 e. The van der Waals surface area contributed by atoms with Gasteiger partial charge in [-0.2, -0.15) is 4.31 Å². The summed E-state index contributed by atoms with van der Waals surface area (Å²) in [6.45, 7) is 5.61. The molecule has 0 aliphatic carbocycles. The monoisotopic (exact) mass is 569 g/mol. The minimum absolute atomic E-state index is 0.0577. The van der Waals surface area contributed by atoms with E-state index in [1.54, 1.807) is 35.5 Å². The maximum Gasteiger partial charge on any atom is 0.265 e. The molecule has 1 aliphatic rings. The molecular weight excluding hydrogens is 534 g/mol. The van der Waals surface area contributed by atoms with Gasteiger partial charge in [-0.25, -0.2) is 8.42 Å². The van der Waals surface area contributed by atoms with Crippen LogP contribution in [0.5, 0.6) is 5.75 Å². The van der Waals surface area contributed by atoms with E-state index in [0.717, 1.165) is 5.56 Å². The maximum absolute atomic E-state index is 13.5. The molecule has 1 unspecified atom stereocenters. The van der Waals surface area contributed by atoms with Gasteiger partial charge in [-0.15, -0.1) is 0 Å². The Balaban J connectivity index is 1.22. The van der Waals surface area contributed by atoms with Gasteiger partial charge in [0.15, 0.2) is 6.10 Å². The van der Waals surface area contributed by atoms with Crippen LogP contribution in [0.2, 0.25) is 0 Å². The highest BCUT2D eigenvalue weighted by Crippen LogP contribution is 2.30. The minimum Gasteiger partial charge on any atom is -0.481 e. The lowest BCUT2D eigenvalue weighted by molar-refractivity contribution is -0.122. The van der Waals surface area contributed by atoms with E-state index >= 15 is 0 Å². The molecule has 0 spiro atoms. The normalized spacial score (nSPS) is 15.4. The first-order valence-electron chi connectivity index (χ1n) is 13.8. The number of nitrogens with one attached hydrogen (secondary N) is 1. The number of aryl methyl sites for hydroxylation is 1. The SMILES string of the molecule is Cc1ccccc1OC(C)C(=O)Nc1ccc(S(=O)(=O)N2CCN(C(c3ccccc3)c3ccccc3)CC2)cc1. The fourth-order valence-corrected chi connectivity index (χ4v) is 6.54. The van der Waals surface area contributed by atoms with Gasteiger partial charge in [0.25, 0.3) is 5.91 Å². The van der Waals surface area contributed by atoms with Crippen LogP contribution in [-0.2, 0) is 14.8 Å². The van der Waals surface area contributed by atoms with E-state index in [1.807, 2.05) is 67.6 Å². The molecule has 0 aromatic heterocycles. The van der Waals surface area contributed by atoms with Gasteiger partial charge in [0.1, 0.15) is 5.75 Å². The summed E-state index contributed by atoms with van der Waals surface area (Å²) in [7, 11) is -3.68. The number of carbonyl (C=O) groups excluding carboxylic acids is 1. The fourth-order valence-electron chi connectivity index (χ4n) is 5.12. The maximum atomic E-state index is 13.5. The molecule has 1 heterocycles. The lowest BCUT2D eigenvalue weighted by Crippen LogP contribution is -2.49. The smallest absolute Gasteiger partial charge is 0.265 e. The summed E-state index contributed by atoms with van der Waals surface area (Å²) in [5.74, 6) is 0.335. The van der Waals surface area contributed by atoms with Crippen LogP contribution in [0.25, 0.3) is 0 Å². The van der Waals surface area contributed by atoms with E-state index in [4.69, 9.17) is 4.74 Å². The van der Waals surface area contributed by atoms with Crippen molar-refractivity contribution < 1.29 is 17.9 Å². The Hall–Kier alpha value is -3.98. The average molecular weight is 570 g/mol. The molecular formula is C33H35N3O4S. The van der Waals surface area contributed by atoms with Crippen molar-refractivity contribution in [2.75, 3.05) is 31.5 Å². The third-order valence-electron chi connectivity index (χ3n) is 7.40. The van der Waals surface area contributed by atoms with E-state index in [9.17, 15) is 13.2 Å². The van der Waals surface area contributed by atoms with Gasteiger partial charge in [0.05, 0.1) is 10.9 Å². The zero-order valence-corrected chi connectivity index (χ0v) is 24.1. The van der Waals surface area contributed by atoms with Crippen LogP contribution in [0.1, 0.15) is 29.7 Å². The highest BCUT2D eigenvalue weighted by atomic mass is 32.2. The van der Waals surface area contributed by atoms with E-state index in [0.29, 0.717) is 37.6 Å². The van der Waals surface area contributed by atoms with E-state index in [-0.39, 0.29) is 16.8 Å². The zero-order valence-electron chi connectivity index (χ0n) is 23.3. The number of piperazine rings is 1. The van der Waals surface area contributed by atoms with E-state index in [1.165, 1.54) is 11.1 Å². The molecule has 0 saturated carbocycles. The Morgan fingerprint density at radius 1 is 0.756 bits per heavy atom. The van der Waals surface area contributed by atoms with Gasteiger partial charge in [-0.1, -0.05) is 78.9 Å². The topological polar surface area (TPSA) is 78.9 Å². The van der Waals surface area contributed by atoms with E-state index < -0.39 is 16.1 Å². The van der Waals surface area contributed by atoms with Crippen molar-refractivity contribution in [1.29, 1.82) is 0 Å². The van der Waals surface area contributed by atoms with Crippen LogP contribution in [0, 0.1) is 6.92 Å². The Kier molecular flexibility index (Phi) is 8.83. The second-order valence-corrected chi connectivity index (χ2v) is 12.1. The molecule has 1 fully saturated rings. The number of hydrogen-bond donors (Lipinski definition) is 1. The molecule has 0 bridgehead atoms. The quantitative estimate of drug-likeness (QED) is 0.288. The number of nitrogens with zero attached hydrogens (tertiary/aromatic N) is 2. The lowest BCUT2D eigenvalue weighted by Gasteiger charge is -2.39. The minimum atomic E-state index is -3.68. The molecule has 1 amide bonds. The van der Waals surface area contributed by atoms with Crippen LogP contribution in [0.3, 0.4) is 0 Å². The van der Waals surface area contributed by atoms with Crippen molar-refractivity contribution >= 4 is 21.6 Å². The van der Waals surface area contributed by atoms with Crippen molar-refractivity contribution in [1.82, 2.24) is 9.21 Å². The lowest BCUT2D eigenvalue weighted by atomic mass is 9.96. The van der Waals surface area contributed by atoms with Gasteiger partial charge in [0.2, 0.25) is 10.0 Å². The summed E-state index contributed by atoms with van der Waals surface area (Å²) in [5.41, 5.74) is 3.82. The Morgan fingerprint density at radius 2 is 1.29 bits per heavy atom. The average Bonchev–Trinajstić information content (AvgIpc) is 3.00. The van der Waals surface area contributed by atoms with Gasteiger partial charge in [-0.05, 0) is 60.9 Å². The van der Waals surface area contributed by atoms with Crippen LogP contribution in [0.15, 0.2) is 114 Å². The predicted molar refractivity (Wildman–Crippen MR) is 161 cm³/mol. The number of sulfonamides is 1.